The Morgan fingerprint density at radius 1 is 1.00 bits per heavy atom. The number of aromatic nitrogens is 6. The fraction of sp³-hybridized carbons (Fsp3) is 0.241. The molecule has 0 saturated heterocycles. The van der Waals surface area contributed by atoms with E-state index in [1.165, 1.54) is 10.7 Å². The van der Waals surface area contributed by atoms with E-state index in [4.69, 9.17) is 4.52 Å². The number of aliphatic carboxylic acids is 1. The number of carboxylic acids is 1. The van der Waals surface area contributed by atoms with Gasteiger partial charge in [0.25, 0.3) is 5.89 Å². The number of carbonyl (C=O) groups is 1. The second kappa shape index (κ2) is 11.1. The average molecular weight is 540 g/mol. The number of para-hydroxylation sites is 1. The van der Waals surface area contributed by atoms with Gasteiger partial charge in [0.2, 0.25) is 5.82 Å². The Bertz CT molecular complexity index is 1610. The number of carboxylic acid groups (broad SMARTS) is 1. The lowest BCUT2D eigenvalue weighted by Crippen LogP contribution is -2.34. The van der Waals surface area contributed by atoms with Crippen molar-refractivity contribution in [1.82, 2.24) is 35.4 Å². The van der Waals surface area contributed by atoms with Crippen molar-refractivity contribution < 1.29 is 18.8 Å². The minimum atomic E-state index is -0.693. The Hall–Kier alpha value is -4.77. The zero-order valence-electron chi connectivity index (χ0n) is 21.4. The minimum Gasteiger partial charge on any atom is -0.481 e. The molecular weight excluding hydrogens is 513 g/mol. The van der Waals surface area contributed by atoms with Crippen LogP contribution in [0.1, 0.15) is 31.2 Å². The van der Waals surface area contributed by atoms with Crippen LogP contribution in [-0.4, -0.2) is 47.2 Å². The largest absolute Gasteiger partial charge is 0.481 e. The smallest absolute Gasteiger partial charge is 0.306 e. The second-order valence-corrected chi connectivity index (χ2v) is 9.77. The Balaban J connectivity index is 1.21. The summed E-state index contributed by atoms with van der Waals surface area (Å²) in [5.74, 6) is -0.804. The van der Waals surface area contributed by atoms with E-state index in [0.29, 0.717) is 48.2 Å². The highest BCUT2D eigenvalue weighted by atomic mass is 19.1. The van der Waals surface area contributed by atoms with E-state index >= 15 is 0 Å². The summed E-state index contributed by atoms with van der Waals surface area (Å²) in [5, 5.41) is 25.3. The number of benzene rings is 2. The maximum Gasteiger partial charge on any atom is 0.306 e. The SMILES string of the molecule is O=C(O)[C@H]1CC[C@H](NCc2ccc(-c3noc(-c4nnn(-c5ccccc5F)c4-c4ccncc4)n3)cc2)CC1. The Morgan fingerprint density at radius 2 is 1.75 bits per heavy atom. The first-order chi connectivity index (χ1) is 19.6. The summed E-state index contributed by atoms with van der Waals surface area (Å²) in [6.45, 7) is 0.689. The van der Waals surface area contributed by atoms with E-state index in [0.717, 1.165) is 24.0 Å². The van der Waals surface area contributed by atoms with Crippen LogP contribution < -0.4 is 5.32 Å². The molecule has 40 heavy (non-hydrogen) atoms. The quantitative estimate of drug-likeness (QED) is 0.282. The molecule has 11 heteroatoms. The summed E-state index contributed by atoms with van der Waals surface area (Å²) in [4.78, 5) is 19.8. The van der Waals surface area contributed by atoms with Crippen LogP contribution in [0.5, 0.6) is 0 Å². The van der Waals surface area contributed by atoms with E-state index in [-0.39, 0.29) is 17.5 Å². The lowest BCUT2D eigenvalue weighted by atomic mass is 9.86. The van der Waals surface area contributed by atoms with Crippen molar-refractivity contribution in [2.75, 3.05) is 0 Å². The summed E-state index contributed by atoms with van der Waals surface area (Å²) in [5.41, 5.74) is 3.65. The molecule has 5 aromatic rings. The van der Waals surface area contributed by atoms with Crippen molar-refractivity contribution in [3.8, 4) is 39.9 Å². The van der Waals surface area contributed by atoms with Crippen molar-refractivity contribution in [2.45, 2.75) is 38.3 Å². The van der Waals surface area contributed by atoms with Gasteiger partial charge in [-0.2, -0.15) is 4.98 Å². The number of halogens is 1. The van der Waals surface area contributed by atoms with Gasteiger partial charge in [-0.05, 0) is 55.5 Å². The first kappa shape index (κ1) is 25.5. The van der Waals surface area contributed by atoms with Gasteiger partial charge in [-0.25, -0.2) is 9.07 Å². The molecule has 1 aliphatic carbocycles. The van der Waals surface area contributed by atoms with Crippen molar-refractivity contribution >= 4 is 5.97 Å². The van der Waals surface area contributed by atoms with Crippen molar-refractivity contribution in [3.63, 3.8) is 0 Å². The van der Waals surface area contributed by atoms with Crippen LogP contribution in [0.15, 0.2) is 77.6 Å². The van der Waals surface area contributed by atoms with Gasteiger partial charge in [0.1, 0.15) is 17.2 Å². The number of pyridine rings is 1. The number of nitrogens with one attached hydrogen (secondary N) is 1. The molecule has 6 rings (SSSR count). The molecule has 0 aliphatic heterocycles. The molecule has 0 radical (unpaired) electrons. The molecule has 0 amide bonds. The van der Waals surface area contributed by atoms with Gasteiger partial charge < -0.3 is 14.9 Å². The summed E-state index contributed by atoms with van der Waals surface area (Å²) in [6.07, 6.45) is 6.42. The normalized spacial score (nSPS) is 17.1. The van der Waals surface area contributed by atoms with Gasteiger partial charge in [-0.15, -0.1) is 5.10 Å². The molecule has 2 aromatic carbocycles. The van der Waals surface area contributed by atoms with E-state index in [1.807, 2.05) is 24.3 Å². The van der Waals surface area contributed by atoms with Crippen LogP contribution in [-0.2, 0) is 11.3 Å². The number of rotatable bonds is 8. The van der Waals surface area contributed by atoms with Gasteiger partial charge in [-0.3, -0.25) is 9.78 Å². The summed E-state index contributed by atoms with van der Waals surface area (Å²) < 4.78 is 21.7. The third-order valence-electron chi connectivity index (χ3n) is 7.22. The number of nitrogens with zero attached hydrogens (tertiary/aromatic N) is 6. The predicted molar refractivity (Wildman–Crippen MR) is 143 cm³/mol. The molecular formula is C29H26FN7O3. The van der Waals surface area contributed by atoms with E-state index in [1.54, 1.807) is 42.7 Å². The van der Waals surface area contributed by atoms with Crippen LogP contribution in [0.3, 0.4) is 0 Å². The molecule has 3 heterocycles. The molecule has 1 aliphatic rings. The molecule has 2 N–H and O–H groups in total. The van der Waals surface area contributed by atoms with E-state index in [9.17, 15) is 14.3 Å². The highest BCUT2D eigenvalue weighted by molar-refractivity contribution is 5.76. The first-order valence-electron chi connectivity index (χ1n) is 13.1. The summed E-state index contributed by atoms with van der Waals surface area (Å²) in [6, 6.07) is 18.0. The van der Waals surface area contributed by atoms with Crippen LogP contribution in [0, 0.1) is 11.7 Å². The van der Waals surface area contributed by atoms with Gasteiger partial charge in [0.15, 0.2) is 5.69 Å². The van der Waals surface area contributed by atoms with E-state index in [2.05, 4.69) is 30.8 Å². The molecule has 0 bridgehead atoms. The second-order valence-electron chi connectivity index (χ2n) is 9.77. The molecule has 1 saturated carbocycles. The maximum absolute atomic E-state index is 14.7. The van der Waals surface area contributed by atoms with Crippen molar-refractivity contribution in [2.24, 2.45) is 5.92 Å². The van der Waals surface area contributed by atoms with Crippen molar-refractivity contribution in [3.05, 3.63) is 84.4 Å². The maximum atomic E-state index is 14.7. The molecule has 3 aromatic heterocycles. The van der Waals surface area contributed by atoms with Crippen molar-refractivity contribution in [1.29, 1.82) is 0 Å². The highest BCUT2D eigenvalue weighted by Gasteiger charge is 2.26. The summed E-state index contributed by atoms with van der Waals surface area (Å²) in [7, 11) is 0. The van der Waals surface area contributed by atoms with Crippen LogP contribution in [0.4, 0.5) is 4.39 Å². The zero-order valence-corrected chi connectivity index (χ0v) is 21.4. The van der Waals surface area contributed by atoms with Gasteiger partial charge in [0, 0.05) is 36.1 Å². The van der Waals surface area contributed by atoms with Crippen LogP contribution >= 0.6 is 0 Å². The minimum absolute atomic E-state index is 0.159. The van der Waals surface area contributed by atoms with Gasteiger partial charge in [0.05, 0.1) is 5.92 Å². The fourth-order valence-electron chi connectivity index (χ4n) is 5.00. The first-order valence-corrected chi connectivity index (χ1v) is 13.1. The molecule has 0 spiro atoms. The molecule has 10 nitrogen and oxygen atoms in total. The average Bonchev–Trinajstić information content (AvgIpc) is 3.65. The third kappa shape index (κ3) is 5.23. The van der Waals surface area contributed by atoms with Gasteiger partial charge >= 0.3 is 5.97 Å². The lowest BCUT2D eigenvalue weighted by molar-refractivity contribution is -0.142. The molecule has 0 unspecified atom stereocenters. The third-order valence-corrected chi connectivity index (χ3v) is 7.22. The molecule has 0 atom stereocenters. The molecule has 202 valence electrons. The fourth-order valence-corrected chi connectivity index (χ4v) is 5.00. The Kier molecular flexibility index (Phi) is 7.11. The Labute approximate surface area is 228 Å². The monoisotopic (exact) mass is 539 g/mol. The van der Waals surface area contributed by atoms with Gasteiger partial charge in [-0.1, -0.05) is 46.8 Å². The zero-order chi connectivity index (χ0) is 27.5. The van der Waals surface area contributed by atoms with Crippen LogP contribution in [0.2, 0.25) is 0 Å². The Morgan fingerprint density at radius 3 is 2.48 bits per heavy atom. The topological polar surface area (TPSA) is 132 Å². The predicted octanol–water partition coefficient (Wildman–Crippen LogP) is 4.92. The standard InChI is InChI=1S/C29H26FN7O3/c30-23-3-1-2-4-24(23)37-26(19-13-15-31-16-14-19)25(34-36-37)28-33-27(35-40-28)20-7-5-18(6-8-20)17-32-22-11-9-21(10-12-22)29(38)39/h1-8,13-16,21-22,32H,9-12,17H2,(H,38,39)/t21-,22-. The van der Waals surface area contributed by atoms with E-state index < -0.39 is 11.8 Å². The molecule has 1 fully saturated rings. The number of hydrogen-bond acceptors (Lipinski definition) is 8. The highest BCUT2D eigenvalue weighted by Crippen LogP contribution is 2.33. The van der Waals surface area contributed by atoms with Crippen LogP contribution in [0.25, 0.3) is 39.9 Å². The lowest BCUT2D eigenvalue weighted by Gasteiger charge is -2.27. The number of hydrogen-bond donors (Lipinski definition) is 2. The summed E-state index contributed by atoms with van der Waals surface area (Å²) >= 11 is 0.